The summed E-state index contributed by atoms with van der Waals surface area (Å²) in [6, 6.07) is 14.5. The molecule has 0 radical (unpaired) electrons. The van der Waals surface area contributed by atoms with Crippen molar-refractivity contribution in [3.05, 3.63) is 117 Å². The minimum Gasteiger partial charge on any atom is -0.238 e. The molecule has 0 saturated carbocycles. The quantitative estimate of drug-likeness (QED) is 0.173. The van der Waals surface area contributed by atoms with Crippen LogP contribution in [-0.4, -0.2) is 0 Å². The molecule has 0 aliphatic heterocycles. The van der Waals surface area contributed by atoms with Gasteiger partial charge in [-0.2, -0.15) is 18.4 Å². The van der Waals surface area contributed by atoms with Gasteiger partial charge in [-0.25, -0.2) is 13.6 Å². The molecule has 3 rings (SSSR count). The lowest BCUT2D eigenvalue weighted by atomic mass is 10.0. The second kappa shape index (κ2) is 9.50. The highest BCUT2D eigenvalue weighted by Crippen LogP contribution is 2.31. The van der Waals surface area contributed by atoms with Crippen LogP contribution in [-0.2, 0) is 6.18 Å². The van der Waals surface area contributed by atoms with Crippen LogP contribution in [0.4, 0.5) is 22.0 Å². The minimum atomic E-state index is -4.53. The number of hydrogen-bond donors (Lipinski definition) is 0. The number of aryl methyl sites for hydroxylation is 1. The van der Waals surface area contributed by atoms with E-state index in [-0.39, 0.29) is 28.0 Å². The Balaban J connectivity index is 1.98. The summed E-state index contributed by atoms with van der Waals surface area (Å²) in [5, 5.41) is 9.42. The molecule has 0 unspecified atom stereocenters. The first-order valence-electron chi connectivity index (χ1n) is 9.57. The Morgan fingerprint density at radius 3 is 1.88 bits per heavy atom. The van der Waals surface area contributed by atoms with E-state index >= 15 is 0 Å². The number of halogens is 5. The largest absolute Gasteiger partial charge is 0.416 e. The van der Waals surface area contributed by atoms with Crippen LogP contribution in [0, 0.1) is 36.5 Å². The summed E-state index contributed by atoms with van der Waals surface area (Å²) in [6.45, 7) is 9.17. The summed E-state index contributed by atoms with van der Waals surface area (Å²) >= 11 is 0. The molecule has 33 heavy (non-hydrogen) atoms. The van der Waals surface area contributed by atoms with E-state index in [9.17, 15) is 27.2 Å². The number of allylic oxidation sites excluding steroid dienone is 1. The van der Waals surface area contributed by atoms with Gasteiger partial charge < -0.3 is 0 Å². The fourth-order valence-corrected chi connectivity index (χ4v) is 3.03. The zero-order chi connectivity index (χ0) is 24.2. The second-order valence-corrected chi connectivity index (χ2v) is 7.15. The maximum atomic E-state index is 14.7. The summed E-state index contributed by atoms with van der Waals surface area (Å²) in [4.78, 5) is 3.23. The van der Waals surface area contributed by atoms with Crippen molar-refractivity contribution >= 4 is 23.4 Å². The van der Waals surface area contributed by atoms with Crippen LogP contribution in [0.15, 0.2) is 60.7 Å². The number of hydrogen-bond acceptors (Lipinski definition) is 1. The van der Waals surface area contributed by atoms with E-state index in [0.717, 1.165) is 48.0 Å². The highest BCUT2D eigenvalue weighted by atomic mass is 19.4. The van der Waals surface area contributed by atoms with E-state index in [1.165, 1.54) is 6.08 Å². The van der Waals surface area contributed by atoms with Crippen LogP contribution in [0.2, 0.25) is 0 Å². The van der Waals surface area contributed by atoms with Crippen molar-refractivity contribution in [1.82, 2.24) is 0 Å². The Morgan fingerprint density at radius 2 is 1.39 bits per heavy atom. The van der Waals surface area contributed by atoms with Crippen molar-refractivity contribution in [1.29, 1.82) is 5.26 Å². The Bertz CT molecular complexity index is 1320. The second-order valence-electron chi connectivity index (χ2n) is 7.15. The lowest BCUT2D eigenvalue weighted by molar-refractivity contribution is -0.137. The van der Waals surface area contributed by atoms with Gasteiger partial charge in [0.25, 0.3) is 0 Å². The zero-order valence-corrected chi connectivity index (χ0v) is 17.2. The zero-order valence-electron chi connectivity index (χ0n) is 17.2. The Hall–Kier alpha value is -4.23. The molecule has 3 aromatic carbocycles. The predicted octanol–water partition coefficient (Wildman–Crippen LogP) is 7.77. The van der Waals surface area contributed by atoms with Crippen molar-refractivity contribution < 1.29 is 22.0 Å². The number of alkyl halides is 3. The third kappa shape index (κ3) is 5.53. The van der Waals surface area contributed by atoms with Gasteiger partial charge in [-0.05, 0) is 42.3 Å². The van der Waals surface area contributed by atoms with Gasteiger partial charge >= 0.3 is 6.18 Å². The molecule has 0 heterocycles. The van der Waals surface area contributed by atoms with Crippen molar-refractivity contribution in [2.24, 2.45) is 0 Å². The van der Waals surface area contributed by atoms with Gasteiger partial charge in [-0.3, -0.25) is 0 Å². The Kier molecular flexibility index (Phi) is 6.75. The Labute approximate surface area is 187 Å². The molecule has 164 valence electrons. The van der Waals surface area contributed by atoms with E-state index in [0.29, 0.717) is 5.56 Å². The van der Waals surface area contributed by atoms with E-state index in [1.54, 1.807) is 24.3 Å². The standard InChI is InChI=1S/C26H15F5N2/c1-16-3-5-17(6-4-16)21(15-32)11-19-12-24(28)20(13-23(19)27)14-25(33-2)18-7-9-22(10-8-18)26(29,30)31/h3-14H,1H3/b21-11+,25-14-. The van der Waals surface area contributed by atoms with E-state index in [4.69, 9.17) is 6.57 Å². The monoisotopic (exact) mass is 450 g/mol. The number of nitrogens with zero attached hydrogens (tertiary/aromatic N) is 2. The van der Waals surface area contributed by atoms with Crippen molar-refractivity contribution in [3.63, 3.8) is 0 Å². The summed E-state index contributed by atoms with van der Waals surface area (Å²) in [6.07, 6.45) is -2.24. The third-order valence-corrected chi connectivity index (χ3v) is 4.82. The molecule has 0 fully saturated rings. The summed E-state index contributed by atoms with van der Waals surface area (Å²) in [5.41, 5.74) is 0.368. The van der Waals surface area contributed by atoms with Gasteiger partial charge in [0.1, 0.15) is 11.6 Å². The first-order valence-corrected chi connectivity index (χ1v) is 9.57. The van der Waals surface area contributed by atoms with Gasteiger partial charge in [-0.1, -0.05) is 54.1 Å². The summed E-state index contributed by atoms with van der Waals surface area (Å²) in [7, 11) is 0. The highest BCUT2D eigenvalue weighted by molar-refractivity contribution is 5.90. The fraction of sp³-hybridized carbons (Fsp3) is 0.0769. The molecule has 0 amide bonds. The predicted molar refractivity (Wildman–Crippen MR) is 117 cm³/mol. The average molecular weight is 450 g/mol. The van der Waals surface area contributed by atoms with Crippen LogP contribution >= 0.6 is 0 Å². The molecule has 0 saturated heterocycles. The van der Waals surface area contributed by atoms with E-state index in [1.807, 2.05) is 13.0 Å². The molecular formula is C26H15F5N2. The lowest BCUT2D eigenvalue weighted by Gasteiger charge is -2.08. The van der Waals surface area contributed by atoms with Crippen molar-refractivity contribution in [3.8, 4) is 6.07 Å². The first kappa shape index (κ1) is 23.4. The van der Waals surface area contributed by atoms with E-state index < -0.39 is 23.4 Å². The maximum Gasteiger partial charge on any atom is 0.416 e. The SMILES string of the molecule is [C-]#[N+]/C(=C\c1cc(F)c(/C=C(\C#N)c2ccc(C)cc2)cc1F)c1ccc(C(F)(F)F)cc1. The molecule has 0 aliphatic carbocycles. The van der Waals surface area contributed by atoms with Gasteiger partial charge in [0.05, 0.1) is 23.8 Å². The van der Waals surface area contributed by atoms with E-state index in [2.05, 4.69) is 4.85 Å². The maximum absolute atomic E-state index is 14.7. The highest BCUT2D eigenvalue weighted by Gasteiger charge is 2.30. The molecule has 0 aromatic heterocycles. The summed E-state index contributed by atoms with van der Waals surface area (Å²) < 4.78 is 67.6. The first-order chi connectivity index (χ1) is 15.6. The van der Waals surface area contributed by atoms with Crippen molar-refractivity contribution in [2.75, 3.05) is 0 Å². The molecule has 0 aliphatic rings. The molecule has 0 N–H and O–H groups in total. The van der Waals surface area contributed by atoms with Crippen molar-refractivity contribution in [2.45, 2.75) is 13.1 Å². The van der Waals surface area contributed by atoms with Gasteiger partial charge in [0.2, 0.25) is 0 Å². The van der Waals surface area contributed by atoms with Gasteiger partial charge in [0.15, 0.2) is 5.70 Å². The minimum absolute atomic E-state index is 0.132. The van der Waals surface area contributed by atoms with Crippen LogP contribution in [0.3, 0.4) is 0 Å². The average Bonchev–Trinajstić information content (AvgIpc) is 2.78. The topological polar surface area (TPSA) is 28.1 Å². The van der Waals surface area contributed by atoms with Crippen LogP contribution < -0.4 is 0 Å². The fourth-order valence-electron chi connectivity index (χ4n) is 3.03. The van der Waals surface area contributed by atoms with Gasteiger partial charge in [-0.15, -0.1) is 0 Å². The molecule has 0 bridgehead atoms. The normalized spacial score (nSPS) is 12.2. The van der Waals surface area contributed by atoms with Crippen LogP contribution in [0.1, 0.15) is 33.4 Å². The van der Waals surface area contributed by atoms with Gasteiger partial charge in [0, 0.05) is 11.1 Å². The molecule has 7 heteroatoms. The molecule has 3 aromatic rings. The van der Waals surface area contributed by atoms with Crippen LogP contribution in [0.25, 0.3) is 28.3 Å². The molecule has 0 atom stereocenters. The van der Waals surface area contributed by atoms with Crippen LogP contribution in [0.5, 0.6) is 0 Å². The number of benzene rings is 3. The summed E-state index contributed by atoms with van der Waals surface area (Å²) in [5.74, 6) is -1.67. The Morgan fingerprint density at radius 1 is 0.879 bits per heavy atom. The lowest BCUT2D eigenvalue weighted by Crippen LogP contribution is -2.04. The molecule has 2 nitrogen and oxygen atoms in total. The third-order valence-electron chi connectivity index (χ3n) is 4.82. The number of rotatable bonds is 4. The number of nitriles is 1. The molecule has 0 spiro atoms. The smallest absolute Gasteiger partial charge is 0.238 e. The molecular weight excluding hydrogens is 435 g/mol.